The number of nitrogens with zero attached hydrogens (tertiary/aromatic N) is 2. The molecule has 1 aliphatic rings. The molecule has 1 aromatic heterocycles. The summed E-state index contributed by atoms with van der Waals surface area (Å²) < 4.78 is 0. The van der Waals surface area contributed by atoms with Crippen LogP contribution in [0.3, 0.4) is 0 Å². The molecule has 0 spiro atoms. The Morgan fingerprint density at radius 1 is 0.857 bits per heavy atom. The molecule has 1 saturated heterocycles. The van der Waals surface area contributed by atoms with Crippen molar-refractivity contribution in [2.45, 2.75) is 33.2 Å². The molecule has 5 nitrogen and oxygen atoms in total. The van der Waals surface area contributed by atoms with Crippen molar-refractivity contribution in [1.82, 2.24) is 9.80 Å². The van der Waals surface area contributed by atoms with Gasteiger partial charge in [-0.1, -0.05) is 35.9 Å². The fraction of sp³-hybridized carbons (Fsp3) is 0.310. The van der Waals surface area contributed by atoms with E-state index in [1.807, 2.05) is 54.3 Å². The highest BCUT2D eigenvalue weighted by Gasteiger charge is 2.20. The van der Waals surface area contributed by atoms with E-state index in [-0.39, 0.29) is 5.91 Å². The van der Waals surface area contributed by atoms with Gasteiger partial charge in [0.15, 0.2) is 0 Å². The van der Waals surface area contributed by atoms with Crippen LogP contribution in [0, 0.1) is 0 Å². The van der Waals surface area contributed by atoms with Gasteiger partial charge in [0.2, 0.25) is 5.91 Å². The molecule has 0 aliphatic carbocycles. The molecule has 1 fully saturated rings. The number of primary amides is 1. The van der Waals surface area contributed by atoms with Gasteiger partial charge in [-0.3, -0.25) is 14.5 Å². The minimum absolute atomic E-state index is 0.0587. The average Bonchev–Trinajstić information content (AvgIpc) is 3.40. The van der Waals surface area contributed by atoms with E-state index in [1.54, 1.807) is 12.1 Å². The largest absolute Gasteiger partial charge is 0.366 e. The third-order valence-electron chi connectivity index (χ3n) is 6.70. The van der Waals surface area contributed by atoms with Crippen LogP contribution in [0.5, 0.6) is 0 Å². The van der Waals surface area contributed by atoms with Gasteiger partial charge in [0.05, 0.1) is 0 Å². The van der Waals surface area contributed by atoms with Crippen LogP contribution in [0.4, 0.5) is 0 Å². The molecule has 0 unspecified atom stereocenters. The first-order valence-corrected chi connectivity index (χ1v) is 13.1. The van der Waals surface area contributed by atoms with E-state index in [9.17, 15) is 9.59 Å². The van der Waals surface area contributed by atoms with Crippen LogP contribution in [0.25, 0.3) is 5.57 Å². The topological polar surface area (TPSA) is 66.6 Å². The van der Waals surface area contributed by atoms with Crippen LogP contribution in [0.15, 0.2) is 71.6 Å². The molecular formula is C29H33N3O2S. The van der Waals surface area contributed by atoms with Crippen molar-refractivity contribution in [1.29, 1.82) is 0 Å². The maximum Gasteiger partial charge on any atom is 0.253 e. The summed E-state index contributed by atoms with van der Waals surface area (Å²) in [6.45, 7) is 8.40. The lowest BCUT2D eigenvalue weighted by Crippen LogP contribution is -2.30. The molecule has 2 heterocycles. The van der Waals surface area contributed by atoms with Gasteiger partial charge in [-0.15, -0.1) is 11.3 Å². The Balaban J connectivity index is 1.63. The average molecular weight is 488 g/mol. The summed E-state index contributed by atoms with van der Waals surface area (Å²) in [5.41, 5.74) is 11.4. The number of hydrogen-bond donors (Lipinski definition) is 1. The highest BCUT2D eigenvalue weighted by molar-refractivity contribution is 7.09. The Morgan fingerprint density at radius 2 is 1.40 bits per heavy atom. The number of thiophene rings is 1. The maximum absolute atomic E-state index is 12.8. The number of nitrogens with two attached hydrogens (primary N) is 1. The molecule has 2 amide bonds. The van der Waals surface area contributed by atoms with E-state index in [1.165, 1.54) is 16.0 Å². The molecule has 0 saturated carbocycles. The summed E-state index contributed by atoms with van der Waals surface area (Å²) in [5, 5.41) is 2.13. The number of piperidine rings is 1. The monoisotopic (exact) mass is 487 g/mol. The summed E-state index contributed by atoms with van der Waals surface area (Å²) in [6.07, 6.45) is 1.97. The molecule has 3 aromatic rings. The fourth-order valence-electron chi connectivity index (χ4n) is 4.70. The van der Waals surface area contributed by atoms with Crippen molar-refractivity contribution in [3.63, 3.8) is 0 Å². The molecule has 2 aromatic carbocycles. The highest BCUT2D eigenvalue weighted by Crippen LogP contribution is 2.33. The molecule has 6 heteroatoms. The zero-order valence-corrected chi connectivity index (χ0v) is 21.3. The van der Waals surface area contributed by atoms with E-state index in [0.29, 0.717) is 24.2 Å². The zero-order valence-electron chi connectivity index (χ0n) is 20.5. The van der Waals surface area contributed by atoms with Crippen molar-refractivity contribution in [2.75, 3.05) is 26.2 Å². The standard InChI is InChI=1S/C29H33N3O2S/c1-3-32(4-2)29(34)25-13-9-22(10-14-25)27(21-7-11-24(12-8-21)28(30)33)23-15-17-31(18-16-23)20-26-6-5-19-35-26/h5-14,19H,3-4,15-18,20H2,1-2H3,(H2,30,33). The number of carbonyl (C=O) groups is 2. The maximum atomic E-state index is 12.8. The molecule has 0 atom stereocenters. The van der Waals surface area contributed by atoms with Gasteiger partial charge >= 0.3 is 0 Å². The molecule has 0 radical (unpaired) electrons. The first-order chi connectivity index (χ1) is 17.0. The summed E-state index contributed by atoms with van der Waals surface area (Å²) >= 11 is 1.81. The van der Waals surface area contributed by atoms with E-state index < -0.39 is 5.91 Å². The summed E-state index contributed by atoms with van der Waals surface area (Å²) in [4.78, 5) is 30.1. The Hall–Kier alpha value is -3.22. The van der Waals surface area contributed by atoms with Crippen LogP contribution in [-0.4, -0.2) is 47.8 Å². The summed E-state index contributed by atoms with van der Waals surface area (Å²) in [5.74, 6) is -0.365. The Morgan fingerprint density at radius 3 is 1.89 bits per heavy atom. The molecule has 2 N–H and O–H groups in total. The molecular weight excluding hydrogens is 454 g/mol. The number of amides is 2. The van der Waals surface area contributed by atoms with E-state index in [4.69, 9.17) is 5.73 Å². The van der Waals surface area contributed by atoms with Gasteiger partial charge in [0.25, 0.3) is 5.91 Å². The van der Waals surface area contributed by atoms with Crippen molar-refractivity contribution in [3.05, 3.63) is 98.7 Å². The van der Waals surface area contributed by atoms with Crippen LogP contribution >= 0.6 is 11.3 Å². The van der Waals surface area contributed by atoms with Crippen molar-refractivity contribution >= 4 is 28.7 Å². The highest BCUT2D eigenvalue weighted by atomic mass is 32.1. The van der Waals surface area contributed by atoms with E-state index in [2.05, 4.69) is 34.5 Å². The number of hydrogen-bond acceptors (Lipinski definition) is 4. The predicted molar refractivity (Wildman–Crippen MR) is 144 cm³/mol. The first-order valence-electron chi connectivity index (χ1n) is 12.3. The number of benzene rings is 2. The molecule has 0 bridgehead atoms. The second-order valence-electron chi connectivity index (χ2n) is 8.83. The van der Waals surface area contributed by atoms with E-state index in [0.717, 1.165) is 43.6 Å². The smallest absolute Gasteiger partial charge is 0.253 e. The van der Waals surface area contributed by atoms with Crippen molar-refractivity contribution < 1.29 is 9.59 Å². The zero-order chi connectivity index (χ0) is 24.8. The first kappa shape index (κ1) is 24.9. The minimum Gasteiger partial charge on any atom is -0.366 e. The molecule has 35 heavy (non-hydrogen) atoms. The third-order valence-corrected chi connectivity index (χ3v) is 7.56. The predicted octanol–water partition coefficient (Wildman–Crippen LogP) is 5.43. The lowest BCUT2D eigenvalue weighted by atomic mass is 9.87. The quantitative estimate of drug-likeness (QED) is 0.461. The lowest BCUT2D eigenvalue weighted by molar-refractivity contribution is 0.0772. The SMILES string of the molecule is CCN(CC)C(=O)c1ccc(C(=C2CCN(Cc3cccs3)CC2)c2ccc(C(N)=O)cc2)cc1. The van der Waals surface area contributed by atoms with E-state index >= 15 is 0 Å². The van der Waals surface area contributed by atoms with Gasteiger partial charge in [-0.25, -0.2) is 0 Å². The second-order valence-corrected chi connectivity index (χ2v) is 9.86. The van der Waals surface area contributed by atoms with Gasteiger partial charge in [0, 0.05) is 48.7 Å². The molecule has 4 rings (SSSR count). The van der Waals surface area contributed by atoms with Crippen LogP contribution in [-0.2, 0) is 6.54 Å². The van der Waals surface area contributed by atoms with Crippen LogP contribution in [0.1, 0.15) is 63.4 Å². The van der Waals surface area contributed by atoms with Crippen LogP contribution < -0.4 is 5.73 Å². The summed E-state index contributed by atoms with van der Waals surface area (Å²) in [6, 6.07) is 19.8. The van der Waals surface area contributed by atoms with Gasteiger partial charge < -0.3 is 10.6 Å². The lowest BCUT2D eigenvalue weighted by Gasteiger charge is -2.30. The Labute approximate surface area is 211 Å². The Bertz CT molecular complexity index is 1170. The fourth-order valence-corrected chi connectivity index (χ4v) is 5.45. The van der Waals surface area contributed by atoms with Crippen molar-refractivity contribution in [3.8, 4) is 0 Å². The van der Waals surface area contributed by atoms with Crippen LogP contribution in [0.2, 0.25) is 0 Å². The minimum atomic E-state index is -0.424. The van der Waals surface area contributed by atoms with Gasteiger partial charge in [-0.05, 0) is 79.1 Å². The van der Waals surface area contributed by atoms with Gasteiger partial charge in [0.1, 0.15) is 0 Å². The molecule has 182 valence electrons. The summed E-state index contributed by atoms with van der Waals surface area (Å²) in [7, 11) is 0. The normalized spacial score (nSPS) is 14.1. The third kappa shape index (κ3) is 5.89. The van der Waals surface area contributed by atoms with Gasteiger partial charge in [-0.2, -0.15) is 0 Å². The number of carbonyl (C=O) groups excluding carboxylic acids is 2. The van der Waals surface area contributed by atoms with Crippen molar-refractivity contribution in [2.24, 2.45) is 5.73 Å². The number of likely N-dealkylation sites (tertiary alicyclic amines) is 1. The number of rotatable bonds is 8. The second kappa shape index (κ2) is 11.5. The Kier molecular flexibility index (Phi) is 8.16. The molecule has 1 aliphatic heterocycles.